The van der Waals surface area contributed by atoms with Crippen molar-refractivity contribution in [3.63, 3.8) is 0 Å². The first-order valence-electron chi connectivity index (χ1n) is 4.75. The van der Waals surface area contributed by atoms with Gasteiger partial charge in [0.05, 0.1) is 10.1 Å². The van der Waals surface area contributed by atoms with Gasteiger partial charge in [-0.25, -0.2) is 8.42 Å². The van der Waals surface area contributed by atoms with Gasteiger partial charge in [-0.2, -0.15) is 0 Å². The summed E-state index contributed by atoms with van der Waals surface area (Å²) < 4.78 is 24.0. The molecule has 1 fully saturated rings. The number of halogens is 1. The zero-order chi connectivity index (χ0) is 11.1. The molecule has 0 heterocycles. The Labute approximate surface area is 94.2 Å². The summed E-state index contributed by atoms with van der Waals surface area (Å²) in [6.45, 7) is 0.442. The maximum atomic E-state index is 12.0. The van der Waals surface area contributed by atoms with E-state index in [9.17, 15) is 8.42 Å². The van der Waals surface area contributed by atoms with Gasteiger partial charge in [0.2, 0.25) is 0 Å². The number of rotatable bonds is 3. The van der Waals surface area contributed by atoms with Crippen molar-refractivity contribution in [3.8, 4) is 0 Å². The average molecular weight is 246 g/mol. The Morgan fingerprint density at radius 3 is 2.40 bits per heavy atom. The fourth-order valence-corrected chi connectivity index (χ4v) is 3.76. The van der Waals surface area contributed by atoms with E-state index in [1.54, 1.807) is 24.3 Å². The zero-order valence-electron chi connectivity index (χ0n) is 8.06. The highest BCUT2D eigenvalue weighted by molar-refractivity contribution is 7.92. The van der Waals surface area contributed by atoms with Crippen molar-refractivity contribution in [1.29, 1.82) is 0 Å². The van der Waals surface area contributed by atoms with Crippen molar-refractivity contribution in [3.05, 3.63) is 29.3 Å². The van der Waals surface area contributed by atoms with Crippen LogP contribution in [0.25, 0.3) is 0 Å². The minimum absolute atomic E-state index is 0.130. The Bertz CT molecular complexity index is 455. The van der Waals surface area contributed by atoms with Gasteiger partial charge < -0.3 is 5.73 Å². The summed E-state index contributed by atoms with van der Waals surface area (Å²) >= 11 is 5.70. The Kier molecular flexibility index (Phi) is 2.75. The summed E-state index contributed by atoms with van der Waals surface area (Å²) in [7, 11) is -3.18. The number of nitrogens with two attached hydrogens (primary N) is 1. The van der Waals surface area contributed by atoms with Gasteiger partial charge >= 0.3 is 0 Å². The summed E-state index contributed by atoms with van der Waals surface area (Å²) in [5, 5.41) is 0.254. The number of hydrogen-bond donors (Lipinski definition) is 1. The molecule has 5 heteroatoms. The second-order valence-electron chi connectivity index (χ2n) is 3.77. The molecule has 0 amide bonds. The van der Waals surface area contributed by atoms with Crippen LogP contribution in [0.2, 0.25) is 5.02 Å². The molecule has 0 radical (unpaired) electrons. The Balaban J connectivity index is 2.27. The topological polar surface area (TPSA) is 60.2 Å². The van der Waals surface area contributed by atoms with E-state index in [0.29, 0.717) is 22.9 Å². The maximum Gasteiger partial charge on any atom is 0.181 e. The summed E-state index contributed by atoms with van der Waals surface area (Å²) in [4.78, 5) is 0.341. The molecule has 82 valence electrons. The molecule has 0 unspecified atom stereocenters. The van der Waals surface area contributed by atoms with Crippen molar-refractivity contribution in [2.45, 2.75) is 16.6 Å². The van der Waals surface area contributed by atoms with E-state index in [2.05, 4.69) is 0 Å². The molecule has 15 heavy (non-hydrogen) atoms. The van der Waals surface area contributed by atoms with Crippen LogP contribution in [0.5, 0.6) is 0 Å². The van der Waals surface area contributed by atoms with Crippen LogP contribution in [0, 0.1) is 5.92 Å². The van der Waals surface area contributed by atoms with E-state index >= 15 is 0 Å². The first-order valence-corrected chi connectivity index (χ1v) is 6.67. The molecule has 2 rings (SSSR count). The maximum absolute atomic E-state index is 12.0. The molecule has 0 bridgehead atoms. The first-order chi connectivity index (χ1) is 7.05. The third-order valence-corrected chi connectivity index (χ3v) is 5.26. The largest absolute Gasteiger partial charge is 0.330 e. The van der Waals surface area contributed by atoms with Gasteiger partial charge in [-0.3, -0.25) is 0 Å². The molecule has 0 aromatic heterocycles. The van der Waals surface area contributed by atoms with Crippen LogP contribution in [-0.4, -0.2) is 20.2 Å². The molecule has 3 nitrogen and oxygen atoms in total. The summed E-state index contributed by atoms with van der Waals surface area (Å²) in [5.41, 5.74) is 5.44. The van der Waals surface area contributed by atoms with E-state index in [-0.39, 0.29) is 11.2 Å². The second kappa shape index (κ2) is 3.77. The molecule has 1 aromatic rings. The third kappa shape index (κ3) is 2.02. The standard InChI is InChI=1S/C10H12ClNO2S/c11-8-1-3-9(4-2-8)15(13,14)10-5-7(10)6-12/h1-4,7,10H,5-6,12H2/t7-,10-/m1/s1. The van der Waals surface area contributed by atoms with E-state index in [1.165, 1.54) is 0 Å². The zero-order valence-corrected chi connectivity index (χ0v) is 9.63. The van der Waals surface area contributed by atoms with Crippen LogP contribution in [0.1, 0.15) is 6.42 Å². The van der Waals surface area contributed by atoms with Gasteiger partial charge in [-0.1, -0.05) is 11.6 Å². The lowest BCUT2D eigenvalue weighted by molar-refractivity contribution is 0.592. The molecular formula is C10H12ClNO2S. The average Bonchev–Trinajstić information content (AvgIpc) is 2.98. The fraction of sp³-hybridized carbons (Fsp3) is 0.400. The molecule has 0 saturated heterocycles. The highest BCUT2D eigenvalue weighted by Crippen LogP contribution is 2.39. The fourth-order valence-electron chi connectivity index (χ4n) is 1.65. The van der Waals surface area contributed by atoms with Crippen LogP contribution < -0.4 is 5.73 Å². The van der Waals surface area contributed by atoms with Crippen LogP contribution in [0.4, 0.5) is 0 Å². The van der Waals surface area contributed by atoms with Gasteiger partial charge in [-0.15, -0.1) is 0 Å². The normalized spacial score (nSPS) is 25.2. The molecule has 1 aromatic carbocycles. The Morgan fingerprint density at radius 2 is 1.93 bits per heavy atom. The van der Waals surface area contributed by atoms with Crippen LogP contribution in [0.3, 0.4) is 0 Å². The predicted octanol–water partition coefficient (Wildman–Crippen LogP) is 1.46. The summed E-state index contributed by atoms with van der Waals surface area (Å²) in [5.74, 6) is 0.130. The lowest BCUT2D eigenvalue weighted by Crippen LogP contribution is -2.13. The SMILES string of the molecule is NC[C@H]1C[C@H]1S(=O)(=O)c1ccc(Cl)cc1. The van der Waals surface area contributed by atoms with E-state index in [0.717, 1.165) is 0 Å². The quantitative estimate of drug-likeness (QED) is 0.877. The molecule has 2 atom stereocenters. The summed E-state index contributed by atoms with van der Waals surface area (Å²) in [6, 6.07) is 6.27. The van der Waals surface area contributed by atoms with Crippen molar-refractivity contribution < 1.29 is 8.42 Å². The third-order valence-electron chi connectivity index (χ3n) is 2.70. The highest BCUT2D eigenvalue weighted by atomic mass is 35.5. The Hall–Kier alpha value is -0.580. The van der Waals surface area contributed by atoms with Gasteiger partial charge in [-0.05, 0) is 43.1 Å². The van der Waals surface area contributed by atoms with Crippen molar-refractivity contribution in [2.75, 3.05) is 6.54 Å². The minimum Gasteiger partial charge on any atom is -0.330 e. The number of benzene rings is 1. The van der Waals surface area contributed by atoms with Crippen molar-refractivity contribution >= 4 is 21.4 Å². The molecule has 1 saturated carbocycles. The predicted molar refractivity (Wildman–Crippen MR) is 59.6 cm³/mol. The summed E-state index contributed by atoms with van der Waals surface area (Å²) in [6.07, 6.45) is 0.682. The number of hydrogen-bond acceptors (Lipinski definition) is 3. The molecule has 0 aliphatic heterocycles. The lowest BCUT2D eigenvalue weighted by Gasteiger charge is -2.03. The second-order valence-corrected chi connectivity index (χ2v) is 6.37. The van der Waals surface area contributed by atoms with Crippen LogP contribution >= 0.6 is 11.6 Å². The molecule has 1 aliphatic carbocycles. The molecule has 0 spiro atoms. The van der Waals surface area contributed by atoms with E-state index in [4.69, 9.17) is 17.3 Å². The monoisotopic (exact) mass is 245 g/mol. The lowest BCUT2D eigenvalue weighted by atomic mass is 10.4. The highest BCUT2D eigenvalue weighted by Gasteiger charge is 2.46. The van der Waals surface area contributed by atoms with Gasteiger partial charge in [0.15, 0.2) is 9.84 Å². The van der Waals surface area contributed by atoms with Gasteiger partial charge in [0, 0.05) is 5.02 Å². The van der Waals surface area contributed by atoms with E-state index in [1.807, 2.05) is 0 Å². The minimum atomic E-state index is -3.18. The van der Waals surface area contributed by atoms with E-state index < -0.39 is 9.84 Å². The molecule has 2 N–H and O–H groups in total. The van der Waals surface area contributed by atoms with Crippen molar-refractivity contribution in [2.24, 2.45) is 11.7 Å². The van der Waals surface area contributed by atoms with Crippen LogP contribution in [0.15, 0.2) is 29.2 Å². The Morgan fingerprint density at radius 1 is 1.33 bits per heavy atom. The number of sulfone groups is 1. The van der Waals surface area contributed by atoms with Crippen LogP contribution in [-0.2, 0) is 9.84 Å². The molecule has 1 aliphatic rings. The smallest absolute Gasteiger partial charge is 0.181 e. The van der Waals surface area contributed by atoms with Gasteiger partial charge in [0.1, 0.15) is 0 Å². The first kappa shape index (κ1) is 10.9. The van der Waals surface area contributed by atoms with Gasteiger partial charge in [0.25, 0.3) is 0 Å². The van der Waals surface area contributed by atoms with Crippen molar-refractivity contribution in [1.82, 2.24) is 0 Å². The molecular weight excluding hydrogens is 234 g/mol.